The Morgan fingerprint density at radius 1 is 1.15 bits per heavy atom. The second kappa shape index (κ2) is 5.83. The maximum Gasteiger partial charge on any atom is 0.134 e. The predicted octanol–water partition coefficient (Wildman–Crippen LogP) is 3.62. The van der Waals surface area contributed by atoms with E-state index in [9.17, 15) is 13.2 Å². The number of hydrazine groups is 1. The number of hydrogen-bond donors (Lipinski definition) is 2. The summed E-state index contributed by atoms with van der Waals surface area (Å²) in [6, 6.07) is 5.01. The highest BCUT2D eigenvalue weighted by Crippen LogP contribution is 2.32. The number of rotatable bonds is 3. The summed E-state index contributed by atoms with van der Waals surface area (Å²) in [6.45, 7) is 1.51. The monoisotopic (exact) mass is 300 g/mol. The van der Waals surface area contributed by atoms with Crippen molar-refractivity contribution in [2.45, 2.75) is 13.0 Å². The minimum atomic E-state index is -1.01. The van der Waals surface area contributed by atoms with Crippen LogP contribution in [0.4, 0.5) is 13.2 Å². The van der Waals surface area contributed by atoms with Gasteiger partial charge in [-0.2, -0.15) is 0 Å². The van der Waals surface area contributed by atoms with Crippen molar-refractivity contribution in [1.82, 2.24) is 5.43 Å². The average molecular weight is 301 g/mol. The first-order valence-electron chi connectivity index (χ1n) is 5.81. The molecule has 1 atom stereocenters. The molecule has 0 aliphatic rings. The summed E-state index contributed by atoms with van der Waals surface area (Å²) in [5, 5.41) is 0.0354. The average Bonchev–Trinajstić information content (AvgIpc) is 2.40. The Bertz CT molecular complexity index is 647. The predicted molar refractivity (Wildman–Crippen MR) is 71.7 cm³/mol. The van der Waals surface area contributed by atoms with Gasteiger partial charge in [0.05, 0.1) is 6.04 Å². The van der Waals surface area contributed by atoms with E-state index in [1.807, 2.05) is 0 Å². The Labute approximate surface area is 119 Å². The quantitative estimate of drug-likeness (QED) is 0.671. The molecule has 0 aliphatic carbocycles. The number of aryl methyl sites for hydroxylation is 1. The van der Waals surface area contributed by atoms with Gasteiger partial charge in [0.1, 0.15) is 17.5 Å². The number of halogens is 4. The molecule has 1 unspecified atom stereocenters. The van der Waals surface area contributed by atoms with Crippen LogP contribution in [0.1, 0.15) is 22.7 Å². The van der Waals surface area contributed by atoms with Crippen molar-refractivity contribution in [3.05, 3.63) is 69.5 Å². The standard InChI is InChI=1S/C14H12ClF3N2/c1-7-2-5-11(17)12(13(7)18)14(20-19)9-4-3-8(16)6-10(9)15/h2-6,14,20H,19H2,1H3. The number of nitrogens with two attached hydrogens (primary N) is 1. The van der Waals surface area contributed by atoms with Gasteiger partial charge in [0.15, 0.2) is 0 Å². The highest BCUT2D eigenvalue weighted by Gasteiger charge is 2.24. The largest absolute Gasteiger partial charge is 0.271 e. The normalized spacial score (nSPS) is 12.5. The fraction of sp³-hybridized carbons (Fsp3) is 0.143. The lowest BCUT2D eigenvalue weighted by Crippen LogP contribution is -2.30. The van der Waals surface area contributed by atoms with E-state index in [0.29, 0.717) is 5.56 Å². The Morgan fingerprint density at radius 3 is 2.45 bits per heavy atom. The Kier molecular flexibility index (Phi) is 4.32. The minimum absolute atomic E-state index is 0.0354. The maximum atomic E-state index is 14.1. The van der Waals surface area contributed by atoms with E-state index in [1.165, 1.54) is 19.1 Å². The van der Waals surface area contributed by atoms with Crippen LogP contribution in [0, 0.1) is 24.4 Å². The zero-order valence-corrected chi connectivity index (χ0v) is 11.3. The van der Waals surface area contributed by atoms with Crippen LogP contribution in [0.3, 0.4) is 0 Å². The molecule has 0 saturated heterocycles. The van der Waals surface area contributed by atoms with Crippen LogP contribution < -0.4 is 11.3 Å². The first-order valence-corrected chi connectivity index (χ1v) is 6.19. The molecular weight excluding hydrogens is 289 g/mol. The van der Waals surface area contributed by atoms with Crippen LogP contribution in [0.5, 0.6) is 0 Å². The number of nitrogens with one attached hydrogen (secondary N) is 1. The molecule has 0 spiro atoms. The minimum Gasteiger partial charge on any atom is -0.271 e. The number of hydrogen-bond acceptors (Lipinski definition) is 2. The SMILES string of the molecule is Cc1ccc(F)c(C(NN)c2ccc(F)cc2Cl)c1F. The molecule has 6 heteroatoms. The summed E-state index contributed by atoms with van der Waals surface area (Å²) < 4.78 is 41.1. The molecule has 0 fully saturated rings. The molecule has 0 amide bonds. The maximum absolute atomic E-state index is 14.1. The van der Waals surface area contributed by atoms with E-state index in [-0.39, 0.29) is 16.1 Å². The van der Waals surface area contributed by atoms with E-state index in [1.54, 1.807) is 0 Å². The van der Waals surface area contributed by atoms with E-state index in [2.05, 4.69) is 5.43 Å². The molecular formula is C14H12ClF3N2. The van der Waals surface area contributed by atoms with Gasteiger partial charge in [-0.3, -0.25) is 5.84 Å². The second-order valence-electron chi connectivity index (χ2n) is 4.36. The van der Waals surface area contributed by atoms with Crippen LogP contribution in [-0.4, -0.2) is 0 Å². The van der Waals surface area contributed by atoms with Gasteiger partial charge < -0.3 is 0 Å². The van der Waals surface area contributed by atoms with Gasteiger partial charge in [-0.15, -0.1) is 0 Å². The molecule has 0 radical (unpaired) electrons. The molecule has 20 heavy (non-hydrogen) atoms. The summed E-state index contributed by atoms with van der Waals surface area (Å²) in [5.41, 5.74) is 2.64. The summed E-state index contributed by atoms with van der Waals surface area (Å²) in [7, 11) is 0. The van der Waals surface area contributed by atoms with Crippen molar-refractivity contribution < 1.29 is 13.2 Å². The molecule has 0 aromatic heterocycles. The lowest BCUT2D eigenvalue weighted by molar-refractivity contribution is 0.506. The smallest absolute Gasteiger partial charge is 0.134 e. The molecule has 0 heterocycles. The van der Waals surface area contributed by atoms with Gasteiger partial charge in [-0.25, -0.2) is 18.6 Å². The zero-order chi connectivity index (χ0) is 14.9. The van der Waals surface area contributed by atoms with Gasteiger partial charge >= 0.3 is 0 Å². The fourth-order valence-corrected chi connectivity index (χ4v) is 2.28. The van der Waals surface area contributed by atoms with Crippen molar-refractivity contribution in [2.75, 3.05) is 0 Å². The van der Waals surface area contributed by atoms with E-state index in [0.717, 1.165) is 18.2 Å². The third-order valence-corrected chi connectivity index (χ3v) is 3.38. The highest BCUT2D eigenvalue weighted by molar-refractivity contribution is 6.31. The van der Waals surface area contributed by atoms with Crippen LogP contribution >= 0.6 is 11.6 Å². The second-order valence-corrected chi connectivity index (χ2v) is 4.76. The third-order valence-electron chi connectivity index (χ3n) is 3.05. The molecule has 0 aliphatic heterocycles. The Hall–Kier alpha value is -1.56. The van der Waals surface area contributed by atoms with Gasteiger partial charge in [-0.05, 0) is 36.2 Å². The van der Waals surface area contributed by atoms with Crippen LogP contribution in [0.2, 0.25) is 5.02 Å². The highest BCUT2D eigenvalue weighted by atomic mass is 35.5. The van der Waals surface area contributed by atoms with Gasteiger partial charge in [0.2, 0.25) is 0 Å². The molecule has 3 N–H and O–H groups in total. The van der Waals surface area contributed by atoms with E-state index in [4.69, 9.17) is 17.4 Å². The summed E-state index contributed by atoms with van der Waals surface area (Å²) in [5.74, 6) is 3.39. The molecule has 2 aromatic rings. The first-order chi connectivity index (χ1) is 9.45. The van der Waals surface area contributed by atoms with Gasteiger partial charge in [-0.1, -0.05) is 23.7 Å². The number of benzene rings is 2. The molecule has 0 saturated carbocycles. The Morgan fingerprint density at radius 2 is 1.85 bits per heavy atom. The molecule has 106 valence electrons. The molecule has 2 nitrogen and oxygen atoms in total. The van der Waals surface area contributed by atoms with E-state index >= 15 is 0 Å². The summed E-state index contributed by atoms with van der Waals surface area (Å²) in [4.78, 5) is 0. The third kappa shape index (κ3) is 2.65. The molecule has 2 aromatic carbocycles. The van der Waals surface area contributed by atoms with Gasteiger partial charge in [0, 0.05) is 10.6 Å². The first kappa shape index (κ1) is 14.8. The summed E-state index contributed by atoms with van der Waals surface area (Å²) >= 11 is 5.92. The topological polar surface area (TPSA) is 38.0 Å². The van der Waals surface area contributed by atoms with Crippen molar-refractivity contribution in [1.29, 1.82) is 0 Å². The molecule has 2 rings (SSSR count). The van der Waals surface area contributed by atoms with E-state index < -0.39 is 23.5 Å². The van der Waals surface area contributed by atoms with Crippen LogP contribution in [0.25, 0.3) is 0 Å². The molecule has 0 bridgehead atoms. The Balaban J connectivity index is 2.61. The van der Waals surface area contributed by atoms with Crippen molar-refractivity contribution in [3.63, 3.8) is 0 Å². The van der Waals surface area contributed by atoms with Crippen molar-refractivity contribution >= 4 is 11.6 Å². The fourth-order valence-electron chi connectivity index (χ4n) is 2.01. The van der Waals surface area contributed by atoms with Gasteiger partial charge in [0.25, 0.3) is 0 Å². The zero-order valence-electron chi connectivity index (χ0n) is 10.6. The van der Waals surface area contributed by atoms with Crippen LogP contribution in [0.15, 0.2) is 30.3 Å². The lowest BCUT2D eigenvalue weighted by Gasteiger charge is -2.20. The summed E-state index contributed by atoms with van der Waals surface area (Å²) in [6.07, 6.45) is 0. The van der Waals surface area contributed by atoms with Crippen LogP contribution in [-0.2, 0) is 0 Å². The lowest BCUT2D eigenvalue weighted by atomic mass is 9.96. The van der Waals surface area contributed by atoms with Crippen molar-refractivity contribution in [3.8, 4) is 0 Å². The van der Waals surface area contributed by atoms with Crippen molar-refractivity contribution in [2.24, 2.45) is 5.84 Å².